The average Bonchev–Trinajstić information content (AvgIpc) is 3.11. The van der Waals surface area contributed by atoms with Gasteiger partial charge in [-0.1, -0.05) is 6.07 Å². The van der Waals surface area contributed by atoms with Crippen LogP contribution in [0.2, 0.25) is 0 Å². The first kappa shape index (κ1) is 20.4. The minimum absolute atomic E-state index is 0. The fourth-order valence-electron chi connectivity index (χ4n) is 3.69. The predicted molar refractivity (Wildman–Crippen MR) is 101 cm³/mol. The van der Waals surface area contributed by atoms with Crippen LogP contribution in [0.25, 0.3) is 0 Å². The number of methoxy groups -OCH3 is 1. The number of piperazine rings is 1. The molecule has 1 aromatic rings. The third-order valence-corrected chi connectivity index (χ3v) is 5.09. The molecular formula is C17H25ClN4O4. The van der Waals surface area contributed by atoms with Gasteiger partial charge in [-0.15, -0.1) is 12.4 Å². The number of nitrogens with zero attached hydrogens (tertiary/aromatic N) is 3. The summed E-state index contributed by atoms with van der Waals surface area (Å²) in [5.41, 5.74) is 0.463. The van der Waals surface area contributed by atoms with E-state index in [1.165, 1.54) is 6.07 Å². The van der Waals surface area contributed by atoms with Gasteiger partial charge in [0.2, 0.25) is 5.91 Å². The second-order valence-corrected chi connectivity index (χ2v) is 6.70. The molecule has 2 saturated heterocycles. The Hall–Kier alpha value is -1.90. The second kappa shape index (κ2) is 8.66. The van der Waals surface area contributed by atoms with Gasteiger partial charge in [0.15, 0.2) is 0 Å². The molecule has 0 spiro atoms. The fourth-order valence-corrected chi connectivity index (χ4v) is 3.69. The van der Waals surface area contributed by atoms with Crippen LogP contribution in [0.15, 0.2) is 24.3 Å². The lowest BCUT2D eigenvalue weighted by Crippen LogP contribution is -2.55. The quantitative estimate of drug-likeness (QED) is 0.608. The van der Waals surface area contributed by atoms with Crippen LogP contribution in [0, 0.1) is 15.5 Å². The van der Waals surface area contributed by atoms with E-state index in [1.807, 2.05) is 11.0 Å². The number of non-ortho nitro benzene ring substituents is 1. The van der Waals surface area contributed by atoms with E-state index in [1.54, 1.807) is 19.2 Å². The van der Waals surface area contributed by atoms with Gasteiger partial charge in [-0.05, 0) is 19.0 Å². The van der Waals surface area contributed by atoms with Gasteiger partial charge >= 0.3 is 0 Å². The van der Waals surface area contributed by atoms with Gasteiger partial charge in [0.05, 0.1) is 16.9 Å². The van der Waals surface area contributed by atoms with E-state index < -0.39 is 5.41 Å². The molecule has 0 radical (unpaired) electrons. The van der Waals surface area contributed by atoms with E-state index in [4.69, 9.17) is 4.74 Å². The Balaban J connectivity index is 0.00000243. The number of hydrogen-bond acceptors (Lipinski definition) is 6. The summed E-state index contributed by atoms with van der Waals surface area (Å²) in [6.45, 7) is 4.50. The summed E-state index contributed by atoms with van der Waals surface area (Å²) in [4.78, 5) is 27.5. The number of anilines is 1. The van der Waals surface area contributed by atoms with E-state index in [-0.39, 0.29) is 28.9 Å². The predicted octanol–water partition coefficient (Wildman–Crippen LogP) is 1.29. The van der Waals surface area contributed by atoms with Crippen molar-refractivity contribution in [2.24, 2.45) is 5.41 Å². The molecule has 8 nitrogen and oxygen atoms in total. The smallest absolute Gasteiger partial charge is 0.271 e. The van der Waals surface area contributed by atoms with Crippen LogP contribution >= 0.6 is 12.4 Å². The number of nitrogens with one attached hydrogen (secondary N) is 1. The van der Waals surface area contributed by atoms with Crippen molar-refractivity contribution in [1.29, 1.82) is 0 Å². The zero-order valence-corrected chi connectivity index (χ0v) is 15.7. The molecule has 26 heavy (non-hydrogen) atoms. The maximum absolute atomic E-state index is 13.0. The lowest BCUT2D eigenvalue weighted by molar-refractivity contribution is -0.384. The van der Waals surface area contributed by atoms with Crippen molar-refractivity contribution >= 4 is 29.7 Å². The van der Waals surface area contributed by atoms with Gasteiger partial charge in [0, 0.05) is 57.7 Å². The van der Waals surface area contributed by atoms with Gasteiger partial charge in [0.1, 0.15) is 0 Å². The van der Waals surface area contributed by atoms with Crippen LogP contribution in [0.3, 0.4) is 0 Å². The van der Waals surface area contributed by atoms with Gasteiger partial charge in [-0.2, -0.15) is 0 Å². The lowest BCUT2D eigenvalue weighted by Gasteiger charge is -2.40. The lowest BCUT2D eigenvalue weighted by atomic mass is 9.86. The summed E-state index contributed by atoms with van der Waals surface area (Å²) >= 11 is 0. The molecule has 1 N–H and O–H groups in total. The van der Waals surface area contributed by atoms with Crippen molar-refractivity contribution in [1.82, 2.24) is 10.2 Å². The molecule has 2 heterocycles. The van der Waals surface area contributed by atoms with Gasteiger partial charge in [-0.3, -0.25) is 14.9 Å². The van der Waals surface area contributed by atoms with E-state index in [9.17, 15) is 14.9 Å². The highest BCUT2D eigenvalue weighted by Crippen LogP contribution is 2.30. The molecule has 144 valence electrons. The highest BCUT2D eigenvalue weighted by atomic mass is 35.5. The molecule has 2 aliphatic heterocycles. The molecule has 1 unspecified atom stereocenters. The minimum Gasteiger partial charge on any atom is -0.384 e. The minimum atomic E-state index is -0.456. The molecule has 1 amide bonds. The van der Waals surface area contributed by atoms with Crippen molar-refractivity contribution < 1.29 is 14.5 Å². The molecule has 0 aromatic heterocycles. The molecule has 0 aliphatic carbocycles. The maximum atomic E-state index is 13.0. The summed E-state index contributed by atoms with van der Waals surface area (Å²) in [6.07, 6.45) is 0.796. The number of carbonyl (C=O) groups excluding carboxylic acids is 1. The normalized spacial score (nSPS) is 22.8. The number of benzene rings is 1. The number of rotatable bonds is 5. The fraction of sp³-hybridized carbons (Fsp3) is 0.588. The summed E-state index contributed by atoms with van der Waals surface area (Å²) in [7, 11) is 1.63. The molecule has 0 bridgehead atoms. The van der Waals surface area contributed by atoms with Crippen LogP contribution in [0.4, 0.5) is 11.4 Å². The van der Waals surface area contributed by atoms with Crippen molar-refractivity contribution in [2.75, 3.05) is 57.9 Å². The van der Waals surface area contributed by atoms with E-state index in [0.29, 0.717) is 39.3 Å². The van der Waals surface area contributed by atoms with Gasteiger partial charge in [0.25, 0.3) is 5.69 Å². The van der Waals surface area contributed by atoms with E-state index in [0.717, 1.165) is 18.7 Å². The number of amides is 1. The zero-order chi connectivity index (χ0) is 17.9. The highest BCUT2D eigenvalue weighted by Gasteiger charge is 2.44. The first-order chi connectivity index (χ1) is 12.1. The van der Waals surface area contributed by atoms with Crippen molar-refractivity contribution in [3.05, 3.63) is 34.4 Å². The Bertz CT molecular complexity index is 643. The molecule has 1 atom stereocenters. The van der Waals surface area contributed by atoms with Crippen LogP contribution in [-0.2, 0) is 9.53 Å². The standard InChI is InChI=1S/C17H24N4O4.ClH/c1-25-13-17(5-6-18-12-17)16(22)20-9-7-19(8-10-20)14-3-2-4-15(11-14)21(23)24;/h2-4,11,18H,5-10,12-13H2,1H3;1H. The van der Waals surface area contributed by atoms with Crippen molar-refractivity contribution in [3.8, 4) is 0 Å². The average molecular weight is 385 g/mol. The SMILES string of the molecule is COCC1(C(=O)N2CCN(c3cccc([N+](=O)[O-])c3)CC2)CCNC1.Cl. The molecule has 9 heteroatoms. The number of halogens is 1. The topological polar surface area (TPSA) is 88.0 Å². The number of ether oxygens (including phenoxy) is 1. The molecular weight excluding hydrogens is 360 g/mol. The van der Waals surface area contributed by atoms with E-state index >= 15 is 0 Å². The molecule has 2 fully saturated rings. The maximum Gasteiger partial charge on any atom is 0.271 e. The van der Waals surface area contributed by atoms with E-state index in [2.05, 4.69) is 10.2 Å². The Morgan fingerprint density at radius 2 is 2.08 bits per heavy atom. The Morgan fingerprint density at radius 1 is 1.35 bits per heavy atom. The summed E-state index contributed by atoms with van der Waals surface area (Å²) < 4.78 is 5.31. The van der Waals surface area contributed by atoms with Gasteiger partial charge < -0.3 is 19.9 Å². The van der Waals surface area contributed by atoms with Crippen LogP contribution < -0.4 is 10.2 Å². The van der Waals surface area contributed by atoms with Gasteiger partial charge in [-0.25, -0.2) is 0 Å². The third kappa shape index (κ3) is 4.08. The van der Waals surface area contributed by atoms with Crippen molar-refractivity contribution in [3.63, 3.8) is 0 Å². The largest absolute Gasteiger partial charge is 0.384 e. The zero-order valence-electron chi connectivity index (χ0n) is 14.8. The number of nitro benzene ring substituents is 1. The van der Waals surface area contributed by atoms with Crippen LogP contribution in [-0.4, -0.2) is 68.7 Å². The first-order valence-corrected chi connectivity index (χ1v) is 8.54. The molecule has 3 rings (SSSR count). The number of hydrogen-bond donors (Lipinski definition) is 1. The Kier molecular flexibility index (Phi) is 6.80. The number of nitro groups is 1. The molecule has 0 saturated carbocycles. The van der Waals surface area contributed by atoms with Crippen LogP contribution in [0.5, 0.6) is 0 Å². The third-order valence-electron chi connectivity index (χ3n) is 5.09. The Labute approximate surface area is 159 Å². The highest BCUT2D eigenvalue weighted by molar-refractivity contribution is 5.85. The number of carbonyl (C=O) groups is 1. The monoisotopic (exact) mass is 384 g/mol. The molecule has 1 aromatic carbocycles. The van der Waals surface area contributed by atoms with Crippen LogP contribution in [0.1, 0.15) is 6.42 Å². The van der Waals surface area contributed by atoms with Crippen molar-refractivity contribution in [2.45, 2.75) is 6.42 Å². The molecule has 2 aliphatic rings. The first-order valence-electron chi connectivity index (χ1n) is 8.54. The summed E-state index contributed by atoms with van der Waals surface area (Å²) in [5.74, 6) is 0.151. The summed E-state index contributed by atoms with van der Waals surface area (Å²) in [6, 6.07) is 6.65. The summed E-state index contributed by atoms with van der Waals surface area (Å²) in [5, 5.41) is 14.2. The second-order valence-electron chi connectivity index (χ2n) is 6.70. The Morgan fingerprint density at radius 3 is 2.65 bits per heavy atom.